The minimum atomic E-state index is -0.184. The molecule has 5 nitrogen and oxygen atoms in total. The molecular weight excluding hydrogens is 538 g/mol. The Morgan fingerprint density at radius 1 is 1.00 bits per heavy atom. The summed E-state index contributed by atoms with van der Waals surface area (Å²) in [6.45, 7) is 8.52. The van der Waals surface area contributed by atoms with E-state index < -0.39 is 0 Å². The third-order valence-electron chi connectivity index (χ3n) is 7.57. The van der Waals surface area contributed by atoms with E-state index in [0.717, 1.165) is 61.9 Å². The summed E-state index contributed by atoms with van der Waals surface area (Å²) in [6, 6.07) is 18.6. The number of likely N-dealkylation sites (tertiary alicyclic amines) is 2. The van der Waals surface area contributed by atoms with Crippen LogP contribution in [0.3, 0.4) is 0 Å². The van der Waals surface area contributed by atoms with Gasteiger partial charge in [0.2, 0.25) is 11.8 Å². The zero-order valence-electron chi connectivity index (χ0n) is 21.4. The highest BCUT2D eigenvalue weighted by Gasteiger charge is 2.47. The van der Waals surface area contributed by atoms with Gasteiger partial charge in [0, 0.05) is 30.5 Å². The van der Waals surface area contributed by atoms with E-state index in [1.54, 1.807) is 0 Å². The van der Waals surface area contributed by atoms with Crippen molar-refractivity contribution in [1.82, 2.24) is 15.1 Å². The van der Waals surface area contributed by atoms with E-state index in [2.05, 4.69) is 69.2 Å². The number of benzene rings is 2. The Morgan fingerprint density at radius 2 is 1.64 bits per heavy atom. The first kappa shape index (κ1) is 28.7. The van der Waals surface area contributed by atoms with Gasteiger partial charge in [-0.05, 0) is 68.0 Å². The highest BCUT2D eigenvalue weighted by Crippen LogP contribution is 2.42. The molecule has 0 radical (unpaired) electrons. The Hall–Kier alpha value is -1.89. The average Bonchev–Trinajstić information content (AvgIpc) is 3.14. The second kappa shape index (κ2) is 13.1. The molecule has 2 saturated heterocycles. The van der Waals surface area contributed by atoms with Gasteiger partial charge in [0.25, 0.3) is 0 Å². The molecule has 2 aliphatic rings. The SMILES string of the molecule is CC(C)CC(=O)NC(CCN1CCC2(CC1)CCN(Cc1ccc(Br)cc1)C2=O)c1ccccc1.Cl. The van der Waals surface area contributed by atoms with Crippen LogP contribution in [0.25, 0.3) is 0 Å². The third-order valence-corrected chi connectivity index (χ3v) is 8.09. The summed E-state index contributed by atoms with van der Waals surface area (Å²) in [6.07, 6.45) is 4.25. The van der Waals surface area contributed by atoms with Gasteiger partial charge in [-0.2, -0.15) is 0 Å². The Kier molecular flexibility index (Phi) is 10.4. The van der Waals surface area contributed by atoms with Crippen molar-refractivity contribution in [3.05, 3.63) is 70.2 Å². The monoisotopic (exact) mass is 575 g/mol. The fraction of sp³-hybridized carbons (Fsp3) is 0.517. The van der Waals surface area contributed by atoms with Crippen LogP contribution in [0.15, 0.2) is 59.1 Å². The molecule has 1 N–H and O–H groups in total. The van der Waals surface area contributed by atoms with E-state index in [9.17, 15) is 9.59 Å². The maximum atomic E-state index is 13.4. The van der Waals surface area contributed by atoms with Crippen molar-refractivity contribution < 1.29 is 9.59 Å². The average molecular weight is 577 g/mol. The van der Waals surface area contributed by atoms with Crippen molar-refractivity contribution in [1.29, 1.82) is 0 Å². The maximum absolute atomic E-state index is 13.4. The summed E-state index contributed by atoms with van der Waals surface area (Å²) >= 11 is 3.48. The van der Waals surface area contributed by atoms with E-state index >= 15 is 0 Å². The van der Waals surface area contributed by atoms with Gasteiger partial charge in [0.05, 0.1) is 11.5 Å². The van der Waals surface area contributed by atoms with Crippen molar-refractivity contribution >= 4 is 40.2 Å². The van der Waals surface area contributed by atoms with E-state index in [1.165, 1.54) is 5.56 Å². The molecule has 1 spiro atoms. The minimum absolute atomic E-state index is 0. The van der Waals surface area contributed by atoms with Crippen LogP contribution in [0.5, 0.6) is 0 Å². The number of nitrogens with zero attached hydrogens (tertiary/aromatic N) is 2. The van der Waals surface area contributed by atoms with Crippen LogP contribution in [0.2, 0.25) is 0 Å². The van der Waals surface area contributed by atoms with Crippen molar-refractivity contribution in [2.24, 2.45) is 11.3 Å². The van der Waals surface area contributed by atoms with Crippen LogP contribution in [-0.2, 0) is 16.1 Å². The van der Waals surface area contributed by atoms with Gasteiger partial charge < -0.3 is 15.1 Å². The molecule has 2 fully saturated rings. The molecule has 2 aliphatic heterocycles. The predicted molar refractivity (Wildman–Crippen MR) is 151 cm³/mol. The summed E-state index contributed by atoms with van der Waals surface area (Å²) in [7, 11) is 0. The van der Waals surface area contributed by atoms with E-state index in [0.29, 0.717) is 24.8 Å². The number of hydrogen-bond donors (Lipinski definition) is 1. The number of hydrogen-bond acceptors (Lipinski definition) is 3. The first-order chi connectivity index (χ1) is 16.8. The number of halogens is 2. The first-order valence-corrected chi connectivity index (χ1v) is 13.7. The fourth-order valence-corrected chi connectivity index (χ4v) is 5.73. The van der Waals surface area contributed by atoms with Crippen LogP contribution in [0, 0.1) is 11.3 Å². The second-order valence-electron chi connectivity index (χ2n) is 10.6. The van der Waals surface area contributed by atoms with Crippen molar-refractivity contribution in [3.8, 4) is 0 Å². The number of carbonyl (C=O) groups is 2. The number of amides is 2. The molecule has 2 aromatic rings. The van der Waals surface area contributed by atoms with Gasteiger partial charge in [-0.3, -0.25) is 9.59 Å². The molecule has 2 heterocycles. The van der Waals surface area contributed by atoms with Crippen molar-refractivity contribution in [3.63, 3.8) is 0 Å². The zero-order chi connectivity index (χ0) is 24.8. The molecule has 0 aliphatic carbocycles. The largest absolute Gasteiger partial charge is 0.349 e. The topological polar surface area (TPSA) is 52.7 Å². The van der Waals surface area contributed by atoms with Crippen molar-refractivity contribution in [2.75, 3.05) is 26.2 Å². The predicted octanol–water partition coefficient (Wildman–Crippen LogP) is 5.98. The lowest BCUT2D eigenvalue weighted by Gasteiger charge is -2.38. The summed E-state index contributed by atoms with van der Waals surface area (Å²) in [5.41, 5.74) is 2.16. The lowest BCUT2D eigenvalue weighted by molar-refractivity contribution is -0.139. The first-order valence-electron chi connectivity index (χ1n) is 13.0. The summed E-state index contributed by atoms with van der Waals surface area (Å²) in [4.78, 5) is 30.4. The number of carbonyl (C=O) groups excluding carboxylic acids is 2. The van der Waals surface area contributed by atoms with Crippen molar-refractivity contribution in [2.45, 2.75) is 58.5 Å². The summed E-state index contributed by atoms with van der Waals surface area (Å²) in [5.74, 6) is 0.800. The zero-order valence-corrected chi connectivity index (χ0v) is 23.8. The Balaban J connectivity index is 0.00000361. The molecule has 36 heavy (non-hydrogen) atoms. The van der Waals surface area contributed by atoms with Gasteiger partial charge >= 0.3 is 0 Å². The molecule has 0 bridgehead atoms. The Bertz CT molecular complexity index is 991. The van der Waals surface area contributed by atoms with Gasteiger partial charge in [0.1, 0.15) is 0 Å². The molecule has 4 rings (SSSR count). The summed E-state index contributed by atoms with van der Waals surface area (Å²) in [5, 5.41) is 3.26. The standard InChI is InChI=1S/C29H38BrN3O2.ClH/c1-22(2)20-27(34)31-26(24-6-4-3-5-7-24)12-16-32-17-13-29(14-18-32)15-19-33(28(29)35)21-23-8-10-25(30)11-9-23;/h3-11,22,26H,12-21H2,1-2H3,(H,31,34);1H. The molecule has 0 saturated carbocycles. The van der Waals surface area contributed by atoms with Gasteiger partial charge in [-0.15, -0.1) is 12.4 Å². The van der Waals surface area contributed by atoms with Gasteiger partial charge in [-0.1, -0.05) is 72.2 Å². The molecular formula is C29H39BrClN3O2. The van der Waals surface area contributed by atoms with E-state index in [1.807, 2.05) is 30.3 Å². The molecule has 2 aromatic carbocycles. The smallest absolute Gasteiger partial charge is 0.229 e. The second-order valence-corrected chi connectivity index (χ2v) is 11.6. The third kappa shape index (κ3) is 7.33. The van der Waals surface area contributed by atoms with Crippen LogP contribution in [0.4, 0.5) is 0 Å². The lowest BCUT2D eigenvalue weighted by atomic mass is 9.77. The Labute approximate surface area is 230 Å². The van der Waals surface area contributed by atoms with Gasteiger partial charge in [0.15, 0.2) is 0 Å². The minimum Gasteiger partial charge on any atom is -0.349 e. The van der Waals surface area contributed by atoms with E-state index in [4.69, 9.17) is 0 Å². The lowest BCUT2D eigenvalue weighted by Crippen LogP contribution is -2.45. The Morgan fingerprint density at radius 3 is 2.28 bits per heavy atom. The number of rotatable bonds is 9. The highest BCUT2D eigenvalue weighted by atomic mass is 79.9. The van der Waals surface area contributed by atoms with Crippen LogP contribution < -0.4 is 5.32 Å². The quantitative estimate of drug-likeness (QED) is 0.400. The van der Waals surface area contributed by atoms with Crippen LogP contribution >= 0.6 is 28.3 Å². The van der Waals surface area contributed by atoms with Gasteiger partial charge in [-0.25, -0.2) is 0 Å². The molecule has 1 unspecified atom stereocenters. The maximum Gasteiger partial charge on any atom is 0.229 e. The molecule has 196 valence electrons. The van der Waals surface area contributed by atoms with E-state index in [-0.39, 0.29) is 29.8 Å². The number of piperidine rings is 1. The molecule has 0 aromatic heterocycles. The normalized spacial score (nSPS) is 18.3. The van der Waals surface area contributed by atoms with Crippen LogP contribution in [-0.4, -0.2) is 47.8 Å². The number of nitrogens with one attached hydrogen (secondary N) is 1. The summed E-state index contributed by atoms with van der Waals surface area (Å²) < 4.78 is 1.06. The molecule has 1 atom stereocenters. The molecule has 7 heteroatoms. The van der Waals surface area contributed by atoms with Crippen LogP contribution in [0.1, 0.15) is 63.1 Å². The molecule has 2 amide bonds. The fourth-order valence-electron chi connectivity index (χ4n) is 5.47. The highest BCUT2D eigenvalue weighted by molar-refractivity contribution is 9.10.